The molecule has 0 amide bonds. The van der Waals surface area contributed by atoms with Gasteiger partial charge in [0, 0.05) is 29.2 Å². The van der Waals surface area contributed by atoms with Crippen LogP contribution in [0.5, 0.6) is 0 Å². The van der Waals surface area contributed by atoms with E-state index in [1.807, 2.05) is 0 Å². The number of nitrogens with two attached hydrogens (primary N) is 2. The van der Waals surface area contributed by atoms with E-state index >= 15 is 0 Å². The number of nitrogens with one attached hydrogen (secondary N) is 1. The molecule has 5 heteroatoms. The number of anilines is 3. The summed E-state index contributed by atoms with van der Waals surface area (Å²) in [5, 5.41) is 3.23. The lowest BCUT2D eigenvalue weighted by atomic mass is 9.81. The van der Waals surface area contributed by atoms with Gasteiger partial charge in [-0.25, -0.2) is 0 Å². The van der Waals surface area contributed by atoms with E-state index in [9.17, 15) is 9.59 Å². The maximum Gasteiger partial charge on any atom is 0.198 e. The molecule has 5 nitrogen and oxygen atoms in total. The number of fused-ring (bicyclic) bond motifs is 2. The van der Waals surface area contributed by atoms with Crippen molar-refractivity contribution in [1.82, 2.24) is 0 Å². The highest BCUT2D eigenvalue weighted by molar-refractivity contribution is 6.33. The van der Waals surface area contributed by atoms with Crippen LogP contribution in [0.25, 0.3) is 0 Å². The molecule has 0 spiro atoms. The van der Waals surface area contributed by atoms with E-state index in [1.54, 1.807) is 30.3 Å². The van der Waals surface area contributed by atoms with Crippen LogP contribution < -0.4 is 16.8 Å². The third-order valence-electron chi connectivity index (χ3n) is 4.11. The Morgan fingerprint density at radius 1 is 0.913 bits per heavy atom. The van der Waals surface area contributed by atoms with Crippen molar-refractivity contribution in [1.29, 1.82) is 0 Å². The summed E-state index contributed by atoms with van der Waals surface area (Å²) in [5.41, 5.74) is 14.4. The van der Waals surface area contributed by atoms with Crippen LogP contribution in [0.3, 0.4) is 0 Å². The van der Waals surface area contributed by atoms with E-state index < -0.39 is 0 Å². The number of ketones is 2. The third-order valence-corrected chi connectivity index (χ3v) is 4.11. The summed E-state index contributed by atoms with van der Waals surface area (Å²) < 4.78 is 0. The molecule has 118 valence electrons. The van der Waals surface area contributed by atoms with Gasteiger partial charge in [0.25, 0.3) is 0 Å². The molecule has 5 N–H and O–H groups in total. The number of carbonyl (C=O) groups is 2. The zero-order valence-electron chi connectivity index (χ0n) is 13.0. The maximum atomic E-state index is 13.0. The monoisotopic (exact) mass is 309 g/mol. The van der Waals surface area contributed by atoms with E-state index in [0.717, 1.165) is 19.4 Å². The average molecular weight is 309 g/mol. The van der Waals surface area contributed by atoms with Gasteiger partial charge in [-0.1, -0.05) is 25.5 Å². The first-order valence-corrected chi connectivity index (χ1v) is 7.70. The number of benzene rings is 2. The van der Waals surface area contributed by atoms with Gasteiger partial charge in [0.05, 0.1) is 16.7 Å². The highest BCUT2D eigenvalue weighted by Crippen LogP contribution is 2.37. The topological polar surface area (TPSA) is 98.2 Å². The molecule has 23 heavy (non-hydrogen) atoms. The average Bonchev–Trinajstić information content (AvgIpc) is 2.53. The Balaban J connectivity index is 2.18. The lowest BCUT2D eigenvalue weighted by Crippen LogP contribution is -2.25. The van der Waals surface area contributed by atoms with Crippen molar-refractivity contribution in [3.8, 4) is 0 Å². The summed E-state index contributed by atoms with van der Waals surface area (Å²) in [6, 6.07) is 8.33. The second kappa shape index (κ2) is 5.76. The van der Waals surface area contributed by atoms with E-state index in [1.165, 1.54) is 0 Å². The van der Waals surface area contributed by atoms with Crippen molar-refractivity contribution in [2.45, 2.75) is 19.8 Å². The maximum absolute atomic E-state index is 13.0. The molecule has 1 aliphatic carbocycles. The summed E-state index contributed by atoms with van der Waals surface area (Å²) >= 11 is 0. The number of hydrogen-bond donors (Lipinski definition) is 3. The Hall–Kier alpha value is -2.82. The van der Waals surface area contributed by atoms with Crippen molar-refractivity contribution >= 4 is 28.6 Å². The molecular weight excluding hydrogens is 290 g/mol. The third kappa shape index (κ3) is 2.34. The lowest BCUT2D eigenvalue weighted by molar-refractivity contribution is 0.0981. The summed E-state index contributed by atoms with van der Waals surface area (Å²) in [6.45, 7) is 2.82. The Kier molecular flexibility index (Phi) is 3.78. The van der Waals surface area contributed by atoms with Gasteiger partial charge in [0.15, 0.2) is 11.6 Å². The first-order chi connectivity index (χ1) is 11.1. The van der Waals surface area contributed by atoms with Crippen molar-refractivity contribution in [2.24, 2.45) is 0 Å². The molecule has 0 aromatic heterocycles. The first-order valence-electron chi connectivity index (χ1n) is 7.70. The molecule has 0 unspecified atom stereocenters. The molecule has 0 saturated heterocycles. The second-order valence-corrected chi connectivity index (χ2v) is 5.66. The molecule has 0 saturated carbocycles. The van der Waals surface area contributed by atoms with Crippen LogP contribution in [0.1, 0.15) is 51.6 Å². The molecule has 2 aromatic rings. The number of carbonyl (C=O) groups excluding carboxylic acids is 2. The van der Waals surface area contributed by atoms with Gasteiger partial charge in [-0.3, -0.25) is 9.59 Å². The van der Waals surface area contributed by atoms with Crippen molar-refractivity contribution in [3.63, 3.8) is 0 Å². The Labute approximate surface area is 134 Å². The van der Waals surface area contributed by atoms with E-state index in [2.05, 4.69) is 12.2 Å². The number of nitrogen functional groups attached to an aromatic ring is 2. The highest BCUT2D eigenvalue weighted by atomic mass is 16.1. The normalized spacial score (nSPS) is 12.7. The van der Waals surface area contributed by atoms with Gasteiger partial charge in [0.2, 0.25) is 0 Å². The van der Waals surface area contributed by atoms with Crippen LogP contribution >= 0.6 is 0 Å². The predicted molar refractivity (Wildman–Crippen MR) is 92.0 cm³/mol. The zero-order valence-corrected chi connectivity index (χ0v) is 13.0. The molecule has 0 atom stereocenters. The number of hydrogen-bond acceptors (Lipinski definition) is 5. The van der Waals surface area contributed by atoms with Crippen molar-refractivity contribution in [3.05, 3.63) is 52.6 Å². The van der Waals surface area contributed by atoms with Gasteiger partial charge in [0.1, 0.15) is 0 Å². The zero-order chi connectivity index (χ0) is 16.6. The van der Waals surface area contributed by atoms with Gasteiger partial charge in [-0.05, 0) is 24.6 Å². The molecule has 0 fully saturated rings. The fraction of sp³-hybridized carbons (Fsp3) is 0.222. The molecule has 0 aliphatic heterocycles. The fourth-order valence-corrected chi connectivity index (χ4v) is 2.92. The lowest BCUT2D eigenvalue weighted by Gasteiger charge is -2.23. The molecule has 1 aliphatic rings. The van der Waals surface area contributed by atoms with Crippen LogP contribution in [-0.4, -0.2) is 18.1 Å². The van der Waals surface area contributed by atoms with Crippen molar-refractivity contribution in [2.75, 3.05) is 23.3 Å². The SMILES string of the molecule is CCCCNc1ccc(N)c2c1C(=O)c1c(N)cccc1C2=O. The van der Waals surface area contributed by atoms with E-state index in [4.69, 9.17) is 11.5 Å². The first kappa shape index (κ1) is 15.1. The molecule has 2 aromatic carbocycles. The summed E-state index contributed by atoms with van der Waals surface area (Å²) in [7, 11) is 0. The number of unbranched alkanes of at least 4 members (excludes halogenated alkanes) is 1. The quantitative estimate of drug-likeness (QED) is 0.508. The Morgan fingerprint density at radius 2 is 1.65 bits per heavy atom. The minimum absolute atomic E-state index is 0.251. The van der Waals surface area contributed by atoms with E-state index in [-0.39, 0.29) is 22.7 Å². The molecule has 0 heterocycles. The van der Waals surface area contributed by atoms with Crippen LogP contribution in [0.15, 0.2) is 30.3 Å². The van der Waals surface area contributed by atoms with Gasteiger partial charge < -0.3 is 16.8 Å². The molecule has 0 radical (unpaired) electrons. The minimum Gasteiger partial charge on any atom is -0.398 e. The standard InChI is InChI=1S/C18H19N3O2/c1-2-3-9-21-13-8-7-12(20)15-16(13)18(23)14-10(17(15)22)5-4-6-11(14)19/h4-8,21H,2-3,9,19-20H2,1H3. The molecular formula is C18H19N3O2. The summed E-state index contributed by atoms with van der Waals surface area (Å²) in [6.07, 6.45) is 2.01. The van der Waals surface area contributed by atoms with Crippen LogP contribution in [-0.2, 0) is 0 Å². The predicted octanol–water partition coefficient (Wildman–Crippen LogP) is 2.84. The van der Waals surface area contributed by atoms with Crippen LogP contribution in [0.4, 0.5) is 17.1 Å². The number of rotatable bonds is 4. The van der Waals surface area contributed by atoms with Crippen molar-refractivity contribution < 1.29 is 9.59 Å². The summed E-state index contributed by atoms with van der Waals surface area (Å²) in [5.74, 6) is -0.502. The minimum atomic E-state index is -0.251. The Bertz CT molecular complexity index is 812. The van der Waals surface area contributed by atoms with Gasteiger partial charge in [-0.2, -0.15) is 0 Å². The molecule has 0 bridgehead atoms. The Morgan fingerprint density at radius 3 is 2.39 bits per heavy atom. The fourth-order valence-electron chi connectivity index (χ4n) is 2.92. The van der Waals surface area contributed by atoms with Crippen LogP contribution in [0.2, 0.25) is 0 Å². The smallest absolute Gasteiger partial charge is 0.198 e. The summed E-state index contributed by atoms with van der Waals surface area (Å²) in [4.78, 5) is 25.7. The van der Waals surface area contributed by atoms with Crippen LogP contribution in [0, 0.1) is 0 Å². The second-order valence-electron chi connectivity index (χ2n) is 5.66. The largest absolute Gasteiger partial charge is 0.398 e. The van der Waals surface area contributed by atoms with Gasteiger partial charge in [-0.15, -0.1) is 0 Å². The van der Waals surface area contributed by atoms with E-state index in [0.29, 0.717) is 28.2 Å². The molecule has 3 rings (SSSR count). The van der Waals surface area contributed by atoms with Gasteiger partial charge >= 0.3 is 0 Å². The highest BCUT2D eigenvalue weighted by Gasteiger charge is 2.34.